The van der Waals surface area contributed by atoms with Gasteiger partial charge in [-0.05, 0) is 35.7 Å². The standard InChI is InChI=1S/C23H22FN3O3S2/c24-16-3-5-17(6-4-16)30-12-9-27-20(14-26-7-10-29-11-8-26)25-22-21(23(27)28)18(15-32-22)19-2-1-13-31-19/h1-6,13,15H,7-12,14H2. The molecule has 1 fully saturated rings. The van der Waals surface area contributed by atoms with E-state index in [9.17, 15) is 9.18 Å². The van der Waals surface area contributed by atoms with E-state index in [2.05, 4.69) is 4.90 Å². The Bertz CT molecular complexity index is 1250. The maximum atomic E-state index is 13.6. The third-order valence-electron chi connectivity index (χ3n) is 5.43. The van der Waals surface area contributed by atoms with Crippen LogP contribution >= 0.6 is 22.7 Å². The summed E-state index contributed by atoms with van der Waals surface area (Å²) in [6.07, 6.45) is 0. The first kappa shape index (κ1) is 21.3. The first-order valence-corrected chi connectivity index (χ1v) is 12.2. The fourth-order valence-corrected chi connectivity index (χ4v) is 5.55. The fraction of sp³-hybridized carbons (Fsp3) is 0.304. The zero-order chi connectivity index (χ0) is 21.9. The molecule has 0 radical (unpaired) electrons. The minimum Gasteiger partial charge on any atom is -0.492 e. The molecule has 6 nitrogen and oxygen atoms in total. The molecule has 32 heavy (non-hydrogen) atoms. The second-order valence-electron chi connectivity index (χ2n) is 7.48. The van der Waals surface area contributed by atoms with Gasteiger partial charge in [-0.1, -0.05) is 6.07 Å². The highest BCUT2D eigenvalue weighted by atomic mass is 32.1. The summed E-state index contributed by atoms with van der Waals surface area (Å²) in [5, 5.41) is 4.68. The lowest BCUT2D eigenvalue weighted by atomic mass is 10.2. The van der Waals surface area contributed by atoms with Gasteiger partial charge < -0.3 is 9.47 Å². The summed E-state index contributed by atoms with van der Waals surface area (Å²) in [6, 6.07) is 9.90. The van der Waals surface area contributed by atoms with Crippen LogP contribution in [0.4, 0.5) is 4.39 Å². The summed E-state index contributed by atoms with van der Waals surface area (Å²) in [4.78, 5) is 22.6. The third kappa shape index (κ3) is 4.47. The van der Waals surface area contributed by atoms with Gasteiger partial charge >= 0.3 is 0 Å². The number of fused-ring (bicyclic) bond motifs is 1. The van der Waals surface area contributed by atoms with Crippen molar-refractivity contribution in [2.24, 2.45) is 0 Å². The van der Waals surface area contributed by atoms with Crippen LogP contribution in [-0.4, -0.2) is 47.4 Å². The lowest BCUT2D eigenvalue weighted by molar-refractivity contribution is 0.0323. The first-order valence-electron chi connectivity index (χ1n) is 10.4. The number of hydrogen-bond acceptors (Lipinski definition) is 7. The molecular formula is C23H22FN3O3S2. The Morgan fingerprint density at radius 2 is 1.94 bits per heavy atom. The minimum atomic E-state index is -0.311. The van der Waals surface area contributed by atoms with Gasteiger partial charge in [0.1, 0.15) is 28.8 Å². The molecule has 0 bridgehead atoms. The van der Waals surface area contributed by atoms with Crippen LogP contribution in [0, 0.1) is 5.82 Å². The van der Waals surface area contributed by atoms with Crippen molar-refractivity contribution in [1.82, 2.24) is 14.5 Å². The van der Waals surface area contributed by atoms with E-state index in [0.29, 0.717) is 37.4 Å². The molecule has 0 spiro atoms. The predicted molar refractivity (Wildman–Crippen MR) is 125 cm³/mol. The fourth-order valence-electron chi connectivity index (χ4n) is 3.78. The zero-order valence-electron chi connectivity index (χ0n) is 17.3. The van der Waals surface area contributed by atoms with E-state index in [1.807, 2.05) is 22.9 Å². The van der Waals surface area contributed by atoms with E-state index in [1.54, 1.807) is 28.0 Å². The summed E-state index contributed by atoms with van der Waals surface area (Å²) < 4.78 is 26.1. The summed E-state index contributed by atoms with van der Waals surface area (Å²) in [5.74, 6) is 0.985. The van der Waals surface area contributed by atoms with E-state index in [0.717, 1.165) is 34.2 Å². The van der Waals surface area contributed by atoms with Gasteiger partial charge in [0.2, 0.25) is 0 Å². The number of thiophene rings is 2. The van der Waals surface area contributed by atoms with Crippen molar-refractivity contribution in [2.75, 3.05) is 32.9 Å². The van der Waals surface area contributed by atoms with Crippen LogP contribution in [0.15, 0.2) is 52.0 Å². The number of rotatable bonds is 7. The molecule has 1 aliphatic heterocycles. The number of morpholine rings is 1. The van der Waals surface area contributed by atoms with E-state index in [-0.39, 0.29) is 18.0 Å². The van der Waals surface area contributed by atoms with E-state index >= 15 is 0 Å². The van der Waals surface area contributed by atoms with Crippen molar-refractivity contribution in [2.45, 2.75) is 13.1 Å². The Hall–Kier alpha value is -2.59. The van der Waals surface area contributed by atoms with Crippen LogP contribution in [0.3, 0.4) is 0 Å². The van der Waals surface area contributed by atoms with Gasteiger partial charge in [-0.15, -0.1) is 22.7 Å². The minimum absolute atomic E-state index is 0.0504. The van der Waals surface area contributed by atoms with Crippen molar-refractivity contribution in [3.05, 3.63) is 69.2 Å². The van der Waals surface area contributed by atoms with E-state index in [4.69, 9.17) is 14.5 Å². The van der Waals surface area contributed by atoms with Gasteiger partial charge in [0.05, 0.1) is 31.7 Å². The molecule has 166 valence electrons. The lowest BCUT2D eigenvalue weighted by Gasteiger charge is -2.27. The molecule has 1 saturated heterocycles. The molecule has 0 N–H and O–H groups in total. The maximum absolute atomic E-state index is 13.6. The highest BCUT2D eigenvalue weighted by Crippen LogP contribution is 2.33. The molecular weight excluding hydrogens is 449 g/mol. The second kappa shape index (κ2) is 9.50. The average molecular weight is 472 g/mol. The number of aromatic nitrogens is 2. The SMILES string of the molecule is O=c1c2c(-c3cccs3)csc2nc(CN2CCOCC2)n1CCOc1ccc(F)cc1. The molecule has 4 heterocycles. The van der Waals surface area contributed by atoms with Crippen LogP contribution in [0.5, 0.6) is 5.75 Å². The molecule has 0 saturated carbocycles. The Kier molecular flexibility index (Phi) is 6.31. The van der Waals surface area contributed by atoms with Crippen LogP contribution in [0.2, 0.25) is 0 Å². The quantitative estimate of drug-likeness (QED) is 0.404. The van der Waals surface area contributed by atoms with Gasteiger partial charge in [0.25, 0.3) is 5.56 Å². The normalized spacial score (nSPS) is 14.8. The second-order valence-corrected chi connectivity index (χ2v) is 9.29. The molecule has 1 aromatic carbocycles. The van der Waals surface area contributed by atoms with Gasteiger partial charge in [0, 0.05) is 28.9 Å². The lowest BCUT2D eigenvalue weighted by Crippen LogP contribution is -2.38. The number of benzene rings is 1. The van der Waals surface area contributed by atoms with Crippen LogP contribution < -0.4 is 10.3 Å². The van der Waals surface area contributed by atoms with Crippen molar-refractivity contribution in [3.8, 4) is 16.2 Å². The molecule has 4 aromatic rings. The Balaban J connectivity index is 1.48. The van der Waals surface area contributed by atoms with Gasteiger partial charge in [-0.3, -0.25) is 14.3 Å². The number of hydrogen-bond donors (Lipinski definition) is 0. The van der Waals surface area contributed by atoms with Gasteiger partial charge in [-0.25, -0.2) is 9.37 Å². The summed E-state index contributed by atoms with van der Waals surface area (Å²) in [7, 11) is 0. The van der Waals surface area contributed by atoms with Crippen molar-refractivity contribution >= 4 is 32.9 Å². The summed E-state index contributed by atoms with van der Waals surface area (Å²) >= 11 is 3.12. The molecule has 1 aliphatic rings. The molecule has 0 amide bonds. The number of ether oxygens (including phenoxy) is 2. The largest absolute Gasteiger partial charge is 0.492 e. The highest BCUT2D eigenvalue weighted by Gasteiger charge is 2.20. The number of halogens is 1. The summed E-state index contributed by atoms with van der Waals surface area (Å²) in [6.45, 7) is 4.21. The van der Waals surface area contributed by atoms with Crippen molar-refractivity contribution < 1.29 is 13.9 Å². The Morgan fingerprint density at radius 1 is 1.12 bits per heavy atom. The molecule has 0 atom stereocenters. The maximum Gasteiger partial charge on any atom is 0.263 e. The molecule has 5 rings (SSSR count). The average Bonchev–Trinajstić information content (AvgIpc) is 3.48. The molecule has 0 aliphatic carbocycles. The van der Waals surface area contributed by atoms with Crippen molar-refractivity contribution in [3.63, 3.8) is 0 Å². The van der Waals surface area contributed by atoms with Gasteiger partial charge in [-0.2, -0.15) is 0 Å². The van der Waals surface area contributed by atoms with E-state index in [1.165, 1.54) is 23.5 Å². The van der Waals surface area contributed by atoms with Crippen LogP contribution in [0.25, 0.3) is 20.7 Å². The van der Waals surface area contributed by atoms with Crippen LogP contribution in [-0.2, 0) is 17.8 Å². The predicted octanol–water partition coefficient (Wildman–Crippen LogP) is 4.24. The monoisotopic (exact) mass is 471 g/mol. The molecule has 9 heteroatoms. The number of nitrogens with zero attached hydrogens (tertiary/aromatic N) is 3. The van der Waals surface area contributed by atoms with Gasteiger partial charge in [0.15, 0.2) is 0 Å². The molecule has 0 unspecified atom stereocenters. The van der Waals surface area contributed by atoms with Crippen LogP contribution in [0.1, 0.15) is 5.82 Å². The Morgan fingerprint density at radius 3 is 2.69 bits per heavy atom. The third-order valence-corrected chi connectivity index (χ3v) is 7.20. The smallest absolute Gasteiger partial charge is 0.263 e. The zero-order valence-corrected chi connectivity index (χ0v) is 19.0. The molecule has 3 aromatic heterocycles. The topological polar surface area (TPSA) is 56.6 Å². The summed E-state index contributed by atoms with van der Waals surface area (Å²) in [5.41, 5.74) is 0.884. The van der Waals surface area contributed by atoms with E-state index < -0.39 is 0 Å². The van der Waals surface area contributed by atoms with Crippen molar-refractivity contribution in [1.29, 1.82) is 0 Å². The Labute approximate surface area is 192 Å². The first-order chi connectivity index (χ1) is 15.7. The highest BCUT2D eigenvalue weighted by molar-refractivity contribution is 7.18.